The van der Waals surface area contributed by atoms with Gasteiger partial charge in [0.25, 0.3) is 11.6 Å². The Balaban J connectivity index is 0.00000243. The quantitative estimate of drug-likeness (QED) is 0.648. The van der Waals surface area contributed by atoms with Gasteiger partial charge in [-0.15, -0.1) is 12.4 Å². The number of aromatic nitrogens is 2. The van der Waals surface area contributed by atoms with E-state index in [4.69, 9.17) is 5.73 Å². The summed E-state index contributed by atoms with van der Waals surface area (Å²) in [6.07, 6.45) is 4.45. The minimum Gasteiger partial charge on any atom is -0.333 e. The van der Waals surface area contributed by atoms with E-state index in [9.17, 15) is 14.9 Å². The third-order valence-electron chi connectivity index (χ3n) is 4.55. The Morgan fingerprint density at radius 1 is 1.35 bits per heavy atom. The van der Waals surface area contributed by atoms with Crippen molar-refractivity contribution in [3.05, 3.63) is 52.3 Å². The van der Waals surface area contributed by atoms with Gasteiger partial charge in [-0.1, -0.05) is 12.1 Å². The van der Waals surface area contributed by atoms with Gasteiger partial charge in [-0.05, 0) is 38.3 Å². The molecule has 26 heavy (non-hydrogen) atoms. The molecule has 1 aromatic heterocycles. The summed E-state index contributed by atoms with van der Waals surface area (Å²) < 4.78 is 1.37. The van der Waals surface area contributed by atoms with Gasteiger partial charge in [0.2, 0.25) is 0 Å². The van der Waals surface area contributed by atoms with Crippen molar-refractivity contribution in [3.63, 3.8) is 0 Å². The number of likely N-dealkylation sites (tertiary alicyclic amines) is 1. The van der Waals surface area contributed by atoms with Gasteiger partial charge in [0.15, 0.2) is 5.69 Å². The standard InChI is InChI=1S/C17H21N5O3.ClH/c1-12(18)14-6-4-5-10-20(14)17(23)13-9-11-21(19-13)15-7-2-3-8-16(15)22(24)25;/h2-3,7-9,11-12,14H,4-6,10,18H2,1H3;1H. The van der Waals surface area contributed by atoms with Crippen molar-refractivity contribution in [3.8, 4) is 5.69 Å². The van der Waals surface area contributed by atoms with E-state index in [0.717, 1.165) is 19.3 Å². The molecule has 9 heteroatoms. The molecule has 0 spiro atoms. The van der Waals surface area contributed by atoms with Crippen molar-refractivity contribution in [2.24, 2.45) is 5.73 Å². The predicted molar refractivity (Wildman–Crippen MR) is 99.8 cm³/mol. The van der Waals surface area contributed by atoms with Gasteiger partial charge < -0.3 is 10.6 Å². The molecular formula is C17H22ClN5O3. The van der Waals surface area contributed by atoms with Crippen LogP contribution >= 0.6 is 12.4 Å². The largest absolute Gasteiger partial charge is 0.333 e. The maximum Gasteiger partial charge on any atom is 0.294 e. The molecule has 2 atom stereocenters. The Kier molecular flexibility index (Phi) is 6.33. The number of rotatable bonds is 4. The topological polar surface area (TPSA) is 107 Å². The molecule has 1 aliphatic rings. The highest BCUT2D eigenvalue weighted by molar-refractivity contribution is 5.92. The second-order valence-electron chi connectivity index (χ2n) is 6.31. The van der Waals surface area contributed by atoms with Crippen LogP contribution < -0.4 is 5.73 Å². The molecule has 3 rings (SSSR count). The van der Waals surface area contributed by atoms with Crippen molar-refractivity contribution in [1.82, 2.24) is 14.7 Å². The Labute approximate surface area is 157 Å². The summed E-state index contributed by atoms with van der Waals surface area (Å²) in [6, 6.07) is 7.78. The zero-order valence-electron chi connectivity index (χ0n) is 14.4. The van der Waals surface area contributed by atoms with Gasteiger partial charge in [-0.3, -0.25) is 14.9 Å². The number of nitrogens with two attached hydrogens (primary N) is 1. The summed E-state index contributed by atoms with van der Waals surface area (Å²) in [5.74, 6) is -0.181. The molecule has 0 radical (unpaired) electrons. The zero-order valence-corrected chi connectivity index (χ0v) is 15.3. The van der Waals surface area contributed by atoms with Crippen LogP contribution in [0.2, 0.25) is 0 Å². The lowest BCUT2D eigenvalue weighted by Crippen LogP contribution is -2.51. The number of nitro groups is 1. The van der Waals surface area contributed by atoms with E-state index in [-0.39, 0.29) is 41.8 Å². The molecule has 2 heterocycles. The van der Waals surface area contributed by atoms with Crippen LogP contribution in [0.4, 0.5) is 5.69 Å². The van der Waals surface area contributed by atoms with Gasteiger partial charge >= 0.3 is 0 Å². The van der Waals surface area contributed by atoms with E-state index < -0.39 is 4.92 Å². The number of carbonyl (C=O) groups excluding carboxylic acids is 1. The summed E-state index contributed by atoms with van der Waals surface area (Å²) in [5.41, 5.74) is 6.57. The highest BCUT2D eigenvalue weighted by Crippen LogP contribution is 2.24. The Hall–Kier alpha value is -2.45. The highest BCUT2D eigenvalue weighted by atomic mass is 35.5. The fourth-order valence-corrected chi connectivity index (χ4v) is 3.29. The number of nitrogens with zero attached hydrogens (tertiary/aromatic N) is 4. The van der Waals surface area contributed by atoms with E-state index in [2.05, 4.69) is 5.10 Å². The fraction of sp³-hybridized carbons (Fsp3) is 0.412. The SMILES string of the molecule is CC(N)C1CCCCN1C(=O)c1ccn(-c2ccccc2[N+](=O)[O-])n1.Cl. The molecule has 0 aliphatic carbocycles. The summed E-state index contributed by atoms with van der Waals surface area (Å²) in [5, 5.41) is 15.4. The Bertz CT molecular complexity index is 792. The number of carbonyl (C=O) groups is 1. The van der Waals surface area contributed by atoms with E-state index in [1.165, 1.54) is 10.7 Å². The molecule has 1 amide bonds. The van der Waals surface area contributed by atoms with Crippen molar-refractivity contribution in [1.29, 1.82) is 0 Å². The third kappa shape index (κ3) is 3.86. The molecule has 1 saturated heterocycles. The van der Waals surface area contributed by atoms with E-state index in [1.807, 2.05) is 6.92 Å². The minimum absolute atomic E-state index is 0. The summed E-state index contributed by atoms with van der Waals surface area (Å²) in [7, 11) is 0. The fourth-order valence-electron chi connectivity index (χ4n) is 3.29. The Morgan fingerprint density at radius 2 is 2.08 bits per heavy atom. The van der Waals surface area contributed by atoms with Crippen LogP contribution in [0.5, 0.6) is 0 Å². The van der Waals surface area contributed by atoms with Crippen LogP contribution in [-0.4, -0.2) is 44.1 Å². The molecular weight excluding hydrogens is 358 g/mol. The maximum atomic E-state index is 12.8. The average molecular weight is 380 g/mol. The zero-order chi connectivity index (χ0) is 18.0. The number of benzene rings is 1. The maximum absolute atomic E-state index is 12.8. The lowest BCUT2D eigenvalue weighted by molar-refractivity contribution is -0.384. The first-order chi connectivity index (χ1) is 12.0. The van der Waals surface area contributed by atoms with Crippen molar-refractivity contribution < 1.29 is 9.72 Å². The van der Waals surface area contributed by atoms with Gasteiger partial charge in [0.1, 0.15) is 5.69 Å². The lowest BCUT2D eigenvalue weighted by atomic mass is 9.96. The number of piperidine rings is 1. The third-order valence-corrected chi connectivity index (χ3v) is 4.55. The summed E-state index contributed by atoms with van der Waals surface area (Å²) >= 11 is 0. The molecule has 140 valence electrons. The van der Waals surface area contributed by atoms with E-state index in [0.29, 0.717) is 12.2 Å². The number of nitro benzene ring substituents is 1. The smallest absolute Gasteiger partial charge is 0.294 e. The molecule has 2 unspecified atom stereocenters. The van der Waals surface area contributed by atoms with Crippen LogP contribution in [0.3, 0.4) is 0 Å². The van der Waals surface area contributed by atoms with Gasteiger partial charge in [0.05, 0.1) is 4.92 Å². The normalized spacial score (nSPS) is 18.1. The van der Waals surface area contributed by atoms with Crippen molar-refractivity contribution >= 4 is 24.0 Å². The predicted octanol–water partition coefficient (Wildman–Crippen LogP) is 2.54. The molecule has 0 bridgehead atoms. The second-order valence-corrected chi connectivity index (χ2v) is 6.31. The average Bonchev–Trinajstić information content (AvgIpc) is 3.11. The van der Waals surface area contributed by atoms with E-state index in [1.54, 1.807) is 35.4 Å². The molecule has 2 N–H and O–H groups in total. The number of hydrogen-bond donors (Lipinski definition) is 1. The lowest BCUT2D eigenvalue weighted by Gasteiger charge is -2.37. The second kappa shape index (κ2) is 8.29. The van der Waals surface area contributed by atoms with Gasteiger partial charge in [-0.25, -0.2) is 4.68 Å². The van der Waals surface area contributed by atoms with Gasteiger partial charge in [0, 0.05) is 30.9 Å². The first-order valence-corrected chi connectivity index (χ1v) is 8.35. The van der Waals surface area contributed by atoms with Crippen LogP contribution in [0, 0.1) is 10.1 Å². The molecule has 1 aromatic carbocycles. The first-order valence-electron chi connectivity index (χ1n) is 8.35. The first kappa shape index (κ1) is 19.9. The summed E-state index contributed by atoms with van der Waals surface area (Å²) in [6.45, 7) is 2.56. The number of hydrogen-bond acceptors (Lipinski definition) is 5. The van der Waals surface area contributed by atoms with E-state index >= 15 is 0 Å². The number of para-hydroxylation sites is 2. The summed E-state index contributed by atoms with van der Waals surface area (Å²) in [4.78, 5) is 25.3. The molecule has 8 nitrogen and oxygen atoms in total. The molecule has 1 aliphatic heterocycles. The molecule has 1 fully saturated rings. The Morgan fingerprint density at radius 3 is 2.77 bits per heavy atom. The highest BCUT2D eigenvalue weighted by Gasteiger charge is 2.31. The van der Waals surface area contributed by atoms with Crippen LogP contribution in [0.25, 0.3) is 5.69 Å². The van der Waals surface area contributed by atoms with Crippen molar-refractivity contribution in [2.45, 2.75) is 38.3 Å². The number of halogens is 1. The minimum atomic E-state index is -0.463. The van der Waals surface area contributed by atoms with Crippen molar-refractivity contribution in [2.75, 3.05) is 6.54 Å². The van der Waals surface area contributed by atoms with Crippen LogP contribution in [0.1, 0.15) is 36.7 Å². The van der Waals surface area contributed by atoms with Gasteiger partial charge in [-0.2, -0.15) is 5.10 Å². The molecule has 2 aromatic rings. The molecule has 0 saturated carbocycles. The number of amides is 1. The monoisotopic (exact) mass is 379 g/mol. The van der Waals surface area contributed by atoms with Crippen LogP contribution in [-0.2, 0) is 0 Å². The van der Waals surface area contributed by atoms with Crippen LogP contribution in [0.15, 0.2) is 36.5 Å².